The SMILES string of the molecule is CC[C@H]1CO1.COC(=O)[C@@H]1CO1.C[C@H]1CO1.c1ccc([C@@H]2CO2)cc1.c1ccc([C@H]2CO2)cc1. The number of esters is 1. The maximum Gasteiger partial charge on any atom is 0.337 e. The van der Waals surface area contributed by atoms with Crippen molar-refractivity contribution in [3.63, 3.8) is 0 Å². The molecule has 2 aromatic rings. The van der Waals surface area contributed by atoms with E-state index in [4.69, 9.17) is 18.9 Å². The van der Waals surface area contributed by atoms with E-state index < -0.39 is 0 Å². The van der Waals surface area contributed by atoms with E-state index in [1.807, 2.05) is 36.4 Å². The molecular weight excluding hydrogens is 436 g/mol. The van der Waals surface area contributed by atoms with Crippen LogP contribution in [0.1, 0.15) is 43.6 Å². The van der Waals surface area contributed by atoms with Gasteiger partial charge in [-0.15, -0.1) is 0 Å². The molecule has 5 aliphatic heterocycles. The summed E-state index contributed by atoms with van der Waals surface area (Å²) in [5.41, 5.74) is 2.61. The predicted molar refractivity (Wildman–Crippen MR) is 127 cm³/mol. The number of carbonyl (C=O) groups excluding carboxylic acids is 1. The van der Waals surface area contributed by atoms with E-state index in [1.54, 1.807) is 0 Å². The maximum absolute atomic E-state index is 10.2. The molecule has 7 nitrogen and oxygen atoms in total. The van der Waals surface area contributed by atoms with Crippen LogP contribution in [0, 0.1) is 0 Å². The van der Waals surface area contributed by atoms with Crippen molar-refractivity contribution < 1.29 is 33.2 Å². The topological polar surface area (TPSA) is 89.0 Å². The van der Waals surface area contributed by atoms with Crippen molar-refractivity contribution in [3.8, 4) is 0 Å². The quantitative estimate of drug-likeness (QED) is 0.485. The third kappa shape index (κ3) is 12.3. The number of epoxide rings is 5. The summed E-state index contributed by atoms with van der Waals surface area (Å²) in [6.07, 6.45) is 2.98. The Bertz CT molecular complexity index is 762. The third-order valence-electron chi connectivity index (χ3n) is 5.16. The van der Waals surface area contributed by atoms with Gasteiger partial charge in [0.2, 0.25) is 0 Å². The predicted octanol–water partition coefficient (Wildman–Crippen LogP) is 4.27. The molecule has 2 aromatic carbocycles. The fourth-order valence-corrected chi connectivity index (χ4v) is 2.53. The summed E-state index contributed by atoms with van der Waals surface area (Å²) >= 11 is 0. The van der Waals surface area contributed by atoms with Gasteiger partial charge in [0.1, 0.15) is 12.2 Å². The largest absolute Gasteiger partial charge is 0.467 e. The molecule has 0 radical (unpaired) electrons. The molecular formula is C27H36O7. The Morgan fingerprint density at radius 3 is 1.35 bits per heavy atom. The molecule has 0 saturated carbocycles. The number of ether oxygens (including phenoxy) is 6. The van der Waals surface area contributed by atoms with Gasteiger partial charge in [-0.3, -0.25) is 0 Å². The van der Waals surface area contributed by atoms with Crippen molar-refractivity contribution in [3.05, 3.63) is 71.8 Å². The van der Waals surface area contributed by atoms with Crippen LogP contribution in [0.2, 0.25) is 0 Å². The number of rotatable bonds is 4. The van der Waals surface area contributed by atoms with E-state index >= 15 is 0 Å². The van der Waals surface area contributed by atoms with Crippen LogP contribution in [0.15, 0.2) is 60.7 Å². The lowest BCUT2D eigenvalue weighted by atomic mass is 10.2. The third-order valence-corrected chi connectivity index (χ3v) is 5.16. The molecule has 0 N–H and O–H groups in total. The van der Waals surface area contributed by atoms with Gasteiger partial charge in [-0.25, -0.2) is 4.79 Å². The second-order valence-corrected chi connectivity index (χ2v) is 8.32. The highest BCUT2D eigenvalue weighted by Crippen LogP contribution is 2.29. The maximum atomic E-state index is 10.2. The average molecular weight is 473 g/mol. The number of hydrogen-bond acceptors (Lipinski definition) is 7. The number of methoxy groups -OCH3 is 1. The van der Waals surface area contributed by atoms with Crippen LogP contribution in [0.4, 0.5) is 0 Å². The first-order valence-electron chi connectivity index (χ1n) is 11.9. The first kappa shape index (κ1) is 26.3. The van der Waals surface area contributed by atoms with Crippen LogP contribution >= 0.6 is 0 Å². The lowest BCUT2D eigenvalue weighted by Gasteiger charge is -1.89. The van der Waals surface area contributed by atoms with Gasteiger partial charge >= 0.3 is 5.97 Å². The van der Waals surface area contributed by atoms with E-state index in [0.717, 1.165) is 26.4 Å². The first-order valence-corrected chi connectivity index (χ1v) is 11.9. The highest BCUT2D eigenvalue weighted by atomic mass is 16.6. The Labute approximate surface area is 202 Å². The second kappa shape index (κ2) is 14.2. The Morgan fingerprint density at radius 1 is 0.765 bits per heavy atom. The minimum Gasteiger partial charge on any atom is -0.467 e. The van der Waals surface area contributed by atoms with Crippen LogP contribution in [-0.2, 0) is 33.2 Å². The van der Waals surface area contributed by atoms with Crippen molar-refractivity contribution in [2.24, 2.45) is 0 Å². The lowest BCUT2D eigenvalue weighted by molar-refractivity contribution is -0.142. The van der Waals surface area contributed by atoms with E-state index in [0.29, 0.717) is 31.0 Å². The van der Waals surface area contributed by atoms with Crippen molar-refractivity contribution in [1.82, 2.24) is 0 Å². The van der Waals surface area contributed by atoms with Crippen LogP contribution in [0.25, 0.3) is 0 Å². The average Bonchev–Trinajstić information content (AvgIpc) is 3.69. The Morgan fingerprint density at radius 2 is 1.18 bits per heavy atom. The lowest BCUT2D eigenvalue weighted by Crippen LogP contribution is -2.07. The summed E-state index contributed by atoms with van der Waals surface area (Å²) in [5.74, 6) is -0.264. The fraction of sp³-hybridized carbons (Fsp3) is 0.519. The van der Waals surface area contributed by atoms with E-state index in [-0.39, 0.29) is 12.1 Å². The monoisotopic (exact) mass is 472 g/mol. The molecule has 0 aromatic heterocycles. The molecule has 5 aliphatic rings. The normalized spacial score (nSPS) is 27.8. The molecule has 5 fully saturated rings. The molecule has 0 amide bonds. The van der Waals surface area contributed by atoms with Crippen molar-refractivity contribution in [2.75, 3.05) is 40.1 Å². The molecule has 0 bridgehead atoms. The fourth-order valence-electron chi connectivity index (χ4n) is 2.53. The standard InChI is InChI=1S/2C8H8O.C4H6O3.C4H8O.C3H6O/c2*1-2-4-7(5-3-1)8-6-9-8;1-6-4(5)3-2-7-3;1-2-4-3-5-4;1-3-2-4-3/h2*1-5,8H,6H2;3H,2H2,1H3;4H,2-3H2,1H3;3H,2H2,1H3/t2*8-;3-;4-;3-/m10000/s1. The zero-order chi connectivity index (χ0) is 24.2. The van der Waals surface area contributed by atoms with Crippen LogP contribution in [0.3, 0.4) is 0 Å². The Kier molecular flexibility index (Phi) is 11.0. The van der Waals surface area contributed by atoms with Crippen molar-refractivity contribution in [1.29, 1.82) is 0 Å². The highest BCUT2D eigenvalue weighted by Gasteiger charge is 2.32. The summed E-state index contributed by atoms with van der Waals surface area (Å²) < 4.78 is 28.7. The van der Waals surface area contributed by atoms with Gasteiger partial charge < -0.3 is 28.4 Å². The first-order chi connectivity index (χ1) is 16.6. The van der Waals surface area contributed by atoms with Gasteiger partial charge in [0.05, 0.1) is 52.4 Å². The van der Waals surface area contributed by atoms with Crippen molar-refractivity contribution >= 4 is 5.97 Å². The minimum absolute atomic E-state index is 0.245. The smallest absolute Gasteiger partial charge is 0.337 e. The molecule has 0 aliphatic carbocycles. The van der Waals surface area contributed by atoms with Gasteiger partial charge in [0.15, 0.2) is 6.10 Å². The summed E-state index contributed by atoms with van der Waals surface area (Å²) in [5, 5.41) is 0. The molecule has 186 valence electrons. The summed E-state index contributed by atoms with van der Waals surface area (Å²) in [7, 11) is 1.35. The number of carbonyl (C=O) groups is 1. The molecule has 5 heterocycles. The van der Waals surface area contributed by atoms with Crippen LogP contribution in [-0.4, -0.2) is 64.4 Å². The van der Waals surface area contributed by atoms with E-state index in [9.17, 15) is 4.79 Å². The zero-order valence-corrected chi connectivity index (χ0v) is 20.3. The molecule has 7 rings (SSSR count). The van der Waals surface area contributed by atoms with Gasteiger partial charge in [-0.05, 0) is 24.5 Å². The van der Waals surface area contributed by atoms with E-state index in [2.05, 4.69) is 47.6 Å². The summed E-state index contributed by atoms with van der Waals surface area (Å²) in [6.45, 7) is 8.54. The van der Waals surface area contributed by atoms with Gasteiger partial charge in [0.25, 0.3) is 0 Å². The minimum atomic E-state index is -0.264. The molecule has 7 heteroatoms. The summed E-state index contributed by atoms with van der Waals surface area (Å²) in [4.78, 5) is 10.2. The van der Waals surface area contributed by atoms with Gasteiger partial charge in [-0.2, -0.15) is 0 Å². The van der Waals surface area contributed by atoms with Gasteiger partial charge in [-0.1, -0.05) is 67.6 Å². The van der Waals surface area contributed by atoms with Crippen LogP contribution in [0.5, 0.6) is 0 Å². The van der Waals surface area contributed by atoms with Crippen molar-refractivity contribution in [2.45, 2.75) is 50.8 Å². The number of benzene rings is 2. The highest BCUT2D eigenvalue weighted by molar-refractivity contribution is 5.76. The summed E-state index contributed by atoms with van der Waals surface area (Å²) in [6, 6.07) is 20.6. The molecule has 0 unspecified atom stereocenters. The molecule has 5 atom stereocenters. The molecule has 0 spiro atoms. The van der Waals surface area contributed by atoms with Gasteiger partial charge in [0, 0.05) is 0 Å². The second-order valence-electron chi connectivity index (χ2n) is 8.32. The number of hydrogen-bond donors (Lipinski definition) is 0. The molecule has 5 saturated heterocycles. The van der Waals surface area contributed by atoms with Crippen LogP contribution < -0.4 is 0 Å². The Balaban J connectivity index is 0.000000123. The zero-order valence-electron chi connectivity index (χ0n) is 20.3. The molecule has 34 heavy (non-hydrogen) atoms. The van der Waals surface area contributed by atoms with E-state index in [1.165, 1.54) is 24.7 Å². The Hall–Kier alpha value is -2.29.